The van der Waals surface area contributed by atoms with Crippen molar-refractivity contribution in [3.8, 4) is 0 Å². The summed E-state index contributed by atoms with van der Waals surface area (Å²) in [6.45, 7) is 0.870. The molecule has 5 heteroatoms. The summed E-state index contributed by atoms with van der Waals surface area (Å²) in [5.41, 5.74) is 0. The van der Waals surface area contributed by atoms with Gasteiger partial charge in [0.05, 0.1) is 12.2 Å². The fraction of sp³-hybridized carbons (Fsp3) is 0.444. The molecule has 0 aromatic carbocycles. The van der Waals surface area contributed by atoms with Gasteiger partial charge >= 0.3 is 0 Å². The topological polar surface area (TPSA) is 56.6 Å². The van der Waals surface area contributed by atoms with Gasteiger partial charge in [0, 0.05) is 13.1 Å². The van der Waals surface area contributed by atoms with Crippen molar-refractivity contribution in [2.24, 2.45) is 0 Å². The molecule has 4 nitrogen and oxygen atoms in total. The van der Waals surface area contributed by atoms with E-state index in [0.717, 1.165) is 10.4 Å². The molecule has 2 atom stereocenters. The van der Waals surface area contributed by atoms with E-state index in [1.54, 1.807) is 0 Å². The van der Waals surface area contributed by atoms with E-state index in [1.165, 1.54) is 0 Å². The Morgan fingerprint density at radius 2 is 1.93 bits per heavy atom. The van der Waals surface area contributed by atoms with Crippen molar-refractivity contribution in [3.05, 3.63) is 22.8 Å². The Morgan fingerprint density at radius 1 is 1.29 bits per heavy atom. The van der Waals surface area contributed by atoms with Gasteiger partial charge in [-0.3, -0.25) is 0 Å². The minimum atomic E-state index is -0.671. The first-order chi connectivity index (χ1) is 6.66. The van der Waals surface area contributed by atoms with Gasteiger partial charge in [0.2, 0.25) is 0 Å². The molecule has 1 fully saturated rings. The fourth-order valence-corrected chi connectivity index (χ4v) is 1.86. The van der Waals surface area contributed by atoms with Crippen LogP contribution in [0.15, 0.2) is 22.8 Å². The van der Waals surface area contributed by atoms with E-state index in [2.05, 4.69) is 20.9 Å². The van der Waals surface area contributed by atoms with Crippen molar-refractivity contribution in [2.45, 2.75) is 12.2 Å². The highest BCUT2D eigenvalue weighted by atomic mass is 79.9. The van der Waals surface area contributed by atoms with Crippen LogP contribution in [0, 0.1) is 0 Å². The minimum absolute atomic E-state index is 0.435. The standard InChI is InChI=1S/C9H11BrN2O2/c10-8-2-1-3-9(11-8)12-4-6(13)7(14)5-12/h1-3,6-7,13-14H,4-5H2/t6-,7-/m1/s1. The molecule has 1 aliphatic rings. The Bertz CT molecular complexity index is 324. The van der Waals surface area contributed by atoms with Gasteiger partial charge in [-0.1, -0.05) is 6.07 Å². The number of aliphatic hydroxyl groups excluding tert-OH is 2. The second kappa shape index (κ2) is 3.84. The molecule has 0 spiro atoms. The van der Waals surface area contributed by atoms with Crippen LogP contribution in [0.3, 0.4) is 0 Å². The second-order valence-electron chi connectivity index (χ2n) is 3.36. The normalized spacial score (nSPS) is 26.9. The Labute approximate surface area is 90.3 Å². The van der Waals surface area contributed by atoms with Gasteiger partial charge in [-0.2, -0.15) is 0 Å². The van der Waals surface area contributed by atoms with E-state index in [-0.39, 0.29) is 0 Å². The molecule has 0 aliphatic carbocycles. The number of aliphatic hydroxyl groups is 2. The lowest BCUT2D eigenvalue weighted by Crippen LogP contribution is -2.22. The van der Waals surface area contributed by atoms with Crippen LogP contribution in [0.1, 0.15) is 0 Å². The van der Waals surface area contributed by atoms with Crippen molar-refractivity contribution in [1.82, 2.24) is 4.98 Å². The highest BCUT2D eigenvalue weighted by molar-refractivity contribution is 9.10. The SMILES string of the molecule is O[C@@H]1CN(c2cccc(Br)n2)C[C@H]1O. The summed E-state index contributed by atoms with van der Waals surface area (Å²) >= 11 is 3.28. The molecule has 0 radical (unpaired) electrons. The number of rotatable bonds is 1. The first-order valence-electron chi connectivity index (χ1n) is 4.40. The van der Waals surface area contributed by atoms with Gasteiger partial charge in [0.25, 0.3) is 0 Å². The molecule has 2 rings (SSSR count). The Hall–Kier alpha value is -0.650. The highest BCUT2D eigenvalue weighted by Gasteiger charge is 2.30. The zero-order chi connectivity index (χ0) is 10.1. The molecule has 0 saturated carbocycles. The largest absolute Gasteiger partial charge is 0.389 e. The molecule has 0 bridgehead atoms. The summed E-state index contributed by atoms with van der Waals surface area (Å²) in [4.78, 5) is 6.11. The van der Waals surface area contributed by atoms with Crippen LogP contribution in [0.5, 0.6) is 0 Å². The first kappa shape index (κ1) is 9.89. The van der Waals surface area contributed by atoms with Crippen LogP contribution in [0.25, 0.3) is 0 Å². The maximum Gasteiger partial charge on any atom is 0.130 e. The molecule has 1 aliphatic heterocycles. The van der Waals surface area contributed by atoms with Crippen LogP contribution in [-0.4, -0.2) is 40.5 Å². The van der Waals surface area contributed by atoms with Crippen LogP contribution in [-0.2, 0) is 0 Å². The van der Waals surface area contributed by atoms with Crippen molar-refractivity contribution < 1.29 is 10.2 Å². The number of aromatic nitrogens is 1. The lowest BCUT2D eigenvalue weighted by molar-refractivity contribution is 0.0572. The van der Waals surface area contributed by atoms with Crippen LogP contribution >= 0.6 is 15.9 Å². The van der Waals surface area contributed by atoms with Gasteiger partial charge in [-0.15, -0.1) is 0 Å². The van der Waals surface area contributed by atoms with Crippen LogP contribution in [0.4, 0.5) is 5.82 Å². The lowest BCUT2D eigenvalue weighted by atomic mass is 10.3. The molecule has 14 heavy (non-hydrogen) atoms. The maximum absolute atomic E-state index is 9.37. The Morgan fingerprint density at radius 3 is 2.50 bits per heavy atom. The number of hydrogen-bond acceptors (Lipinski definition) is 4. The first-order valence-corrected chi connectivity index (χ1v) is 5.20. The molecule has 0 amide bonds. The van der Waals surface area contributed by atoms with Gasteiger partial charge in [0.1, 0.15) is 10.4 Å². The summed E-state index contributed by atoms with van der Waals surface area (Å²) in [5, 5.41) is 18.7. The van der Waals surface area contributed by atoms with E-state index in [9.17, 15) is 10.2 Å². The summed E-state index contributed by atoms with van der Waals surface area (Å²) in [7, 11) is 0. The third-order valence-corrected chi connectivity index (χ3v) is 2.73. The number of anilines is 1. The molecule has 2 N–H and O–H groups in total. The van der Waals surface area contributed by atoms with E-state index >= 15 is 0 Å². The van der Waals surface area contributed by atoms with Crippen LogP contribution in [0.2, 0.25) is 0 Å². The quantitative estimate of drug-likeness (QED) is 0.716. The zero-order valence-electron chi connectivity index (χ0n) is 7.47. The van der Waals surface area contributed by atoms with E-state index in [0.29, 0.717) is 13.1 Å². The van der Waals surface area contributed by atoms with Crippen molar-refractivity contribution in [3.63, 3.8) is 0 Å². The molecule has 1 saturated heterocycles. The number of β-amino-alcohol motifs (C(OH)–C–C–N with tert-alkyl or cyclic N) is 2. The molecule has 1 aromatic heterocycles. The molecule has 1 aromatic rings. The number of pyridine rings is 1. The van der Waals surface area contributed by atoms with Crippen LogP contribution < -0.4 is 4.90 Å². The average molecular weight is 259 g/mol. The van der Waals surface area contributed by atoms with Gasteiger partial charge in [-0.25, -0.2) is 4.98 Å². The fourth-order valence-electron chi connectivity index (χ4n) is 1.53. The summed E-state index contributed by atoms with van der Waals surface area (Å²) in [6, 6.07) is 5.57. The number of hydrogen-bond donors (Lipinski definition) is 2. The monoisotopic (exact) mass is 258 g/mol. The van der Waals surface area contributed by atoms with Crippen molar-refractivity contribution in [2.75, 3.05) is 18.0 Å². The van der Waals surface area contributed by atoms with Gasteiger partial charge in [0.15, 0.2) is 0 Å². The van der Waals surface area contributed by atoms with Crippen molar-refractivity contribution in [1.29, 1.82) is 0 Å². The smallest absolute Gasteiger partial charge is 0.130 e. The predicted octanol–water partition coefficient (Wildman–Crippen LogP) is 0.386. The average Bonchev–Trinajstić information content (AvgIpc) is 2.47. The third kappa shape index (κ3) is 1.89. The molecule has 2 heterocycles. The maximum atomic E-state index is 9.37. The molecule has 76 valence electrons. The summed E-state index contributed by atoms with van der Waals surface area (Å²) < 4.78 is 0.755. The predicted molar refractivity (Wildman–Crippen MR) is 56.2 cm³/mol. The Kier molecular flexibility index (Phi) is 2.71. The van der Waals surface area contributed by atoms with Crippen molar-refractivity contribution >= 4 is 21.7 Å². The Balaban J connectivity index is 2.17. The second-order valence-corrected chi connectivity index (χ2v) is 4.17. The lowest BCUT2D eigenvalue weighted by Gasteiger charge is -2.15. The molecular weight excluding hydrogens is 248 g/mol. The highest BCUT2D eigenvalue weighted by Crippen LogP contribution is 2.20. The molecular formula is C9H11BrN2O2. The molecule has 0 unspecified atom stereocenters. The third-order valence-electron chi connectivity index (χ3n) is 2.28. The van der Waals surface area contributed by atoms with E-state index in [1.807, 2.05) is 23.1 Å². The van der Waals surface area contributed by atoms with E-state index < -0.39 is 12.2 Å². The summed E-state index contributed by atoms with van der Waals surface area (Å²) in [5.74, 6) is 0.773. The number of nitrogens with zero attached hydrogens (tertiary/aromatic N) is 2. The zero-order valence-corrected chi connectivity index (χ0v) is 9.05. The minimum Gasteiger partial charge on any atom is -0.389 e. The van der Waals surface area contributed by atoms with Gasteiger partial charge in [-0.05, 0) is 28.1 Å². The number of halogens is 1. The van der Waals surface area contributed by atoms with E-state index in [4.69, 9.17) is 0 Å². The summed E-state index contributed by atoms with van der Waals surface area (Å²) in [6.07, 6.45) is -1.34. The van der Waals surface area contributed by atoms with Gasteiger partial charge < -0.3 is 15.1 Å².